The predicted molar refractivity (Wildman–Crippen MR) is 112 cm³/mol. The number of ether oxygens (including phenoxy) is 1. The SMILES string of the molecule is CCNC(=NCc1ccc(C)cc1SC)NCCCOCC.I. The van der Waals surface area contributed by atoms with Crippen LogP contribution in [0.3, 0.4) is 0 Å². The van der Waals surface area contributed by atoms with E-state index in [2.05, 4.69) is 53.9 Å². The van der Waals surface area contributed by atoms with Gasteiger partial charge in [-0.25, -0.2) is 4.99 Å². The lowest BCUT2D eigenvalue weighted by atomic mass is 10.1. The highest BCUT2D eigenvalue weighted by Gasteiger charge is 2.02. The van der Waals surface area contributed by atoms with Crippen LogP contribution in [0.1, 0.15) is 31.4 Å². The van der Waals surface area contributed by atoms with Gasteiger partial charge in [0.1, 0.15) is 0 Å². The Balaban J connectivity index is 0.00000484. The van der Waals surface area contributed by atoms with Crippen LogP contribution in [0.4, 0.5) is 0 Å². The van der Waals surface area contributed by atoms with E-state index in [4.69, 9.17) is 4.74 Å². The summed E-state index contributed by atoms with van der Waals surface area (Å²) in [4.78, 5) is 5.98. The second-order valence-corrected chi connectivity index (χ2v) is 5.84. The Hall–Kier alpha value is -0.470. The summed E-state index contributed by atoms with van der Waals surface area (Å²) in [5.74, 6) is 0.867. The van der Waals surface area contributed by atoms with E-state index in [1.807, 2.05) is 6.92 Å². The first kappa shape index (κ1) is 22.5. The van der Waals surface area contributed by atoms with Gasteiger partial charge in [0, 0.05) is 31.2 Å². The van der Waals surface area contributed by atoms with Crippen LogP contribution >= 0.6 is 35.7 Å². The molecule has 0 aliphatic heterocycles. The van der Waals surface area contributed by atoms with E-state index in [9.17, 15) is 0 Å². The number of hydrogen-bond acceptors (Lipinski definition) is 3. The maximum absolute atomic E-state index is 5.34. The van der Waals surface area contributed by atoms with Crippen molar-refractivity contribution in [3.63, 3.8) is 0 Å². The molecule has 23 heavy (non-hydrogen) atoms. The minimum atomic E-state index is 0. The molecule has 0 heterocycles. The van der Waals surface area contributed by atoms with Crippen molar-refractivity contribution in [1.82, 2.24) is 10.6 Å². The molecule has 0 unspecified atom stereocenters. The number of nitrogens with one attached hydrogen (secondary N) is 2. The molecule has 0 spiro atoms. The Morgan fingerprint density at radius 2 is 2.04 bits per heavy atom. The number of hydrogen-bond donors (Lipinski definition) is 2. The van der Waals surface area contributed by atoms with E-state index in [0.717, 1.165) is 38.7 Å². The first-order valence-electron chi connectivity index (χ1n) is 7.94. The zero-order valence-corrected chi connectivity index (χ0v) is 17.8. The summed E-state index contributed by atoms with van der Waals surface area (Å²) in [5, 5.41) is 6.63. The summed E-state index contributed by atoms with van der Waals surface area (Å²) in [6.45, 7) is 10.2. The average molecular weight is 451 g/mol. The number of guanidine groups is 1. The highest BCUT2D eigenvalue weighted by atomic mass is 127. The summed E-state index contributed by atoms with van der Waals surface area (Å²) < 4.78 is 5.34. The Bertz CT molecular complexity index is 469. The third-order valence-electron chi connectivity index (χ3n) is 3.16. The third-order valence-corrected chi connectivity index (χ3v) is 3.98. The Kier molecular flexibility index (Phi) is 13.6. The second-order valence-electron chi connectivity index (χ2n) is 4.99. The molecule has 1 aromatic rings. The monoisotopic (exact) mass is 451 g/mol. The van der Waals surface area contributed by atoms with E-state index in [-0.39, 0.29) is 24.0 Å². The van der Waals surface area contributed by atoms with Crippen LogP contribution in [0, 0.1) is 6.92 Å². The van der Waals surface area contributed by atoms with Crippen molar-refractivity contribution in [2.45, 2.75) is 38.6 Å². The molecule has 1 aromatic carbocycles. The van der Waals surface area contributed by atoms with Gasteiger partial charge in [0.25, 0.3) is 0 Å². The van der Waals surface area contributed by atoms with Crippen molar-refractivity contribution in [3.05, 3.63) is 29.3 Å². The minimum Gasteiger partial charge on any atom is -0.382 e. The molecule has 0 saturated heterocycles. The van der Waals surface area contributed by atoms with Gasteiger partial charge in [0.2, 0.25) is 0 Å². The van der Waals surface area contributed by atoms with Gasteiger partial charge in [-0.3, -0.25) is 0 Å². The molecular formula is C17H30IN3OS. The number of nitrogens with zero attached hydrogens (tertiary/aromatic N) is 1. The number of thioether (sulfide) groups is 1. The van der Waals surface area contributed by atoms with Crippen LogP contribution < -0.4 is 10.6 Å². The van der Waals surface area contributed by atoms with Crippen LogP contribution in [0.15, 0.2) is 28.1 Å². The fourth-order valence-electron chi connectivity index (χ4n) is 2.01. The molecule has 0 amide bonds. The molecule has 0 aliphatic rings. The van der Waals surface area contributed by atoms with Gasteiger partial charge in [-0.1, -0.05) is 12.1 Å². The summed E-state index contributed by atoms with van der Waals surface area (Å²) in [6, 6.07) is 6.54. The summed E-state index contributed by atoms with van der Waals surface area (Å²) >= 11 is 1.77. The maximum Gasteiger partial charge on any atom is 0.191 e. The molecule has 2 N–H and O–H groups in total. The van der Waals surface area contributed by atoms with Crippen molar-refractivity contribution < 1.29 is 4.74 Å². The fourth-order valence-corrected chi connectivity index (χ4v) is 2.71. The van der Waals surface area contributed by atoms with Crippen LogP contribution in [0.25, 0.3) is 0 Å². The summed E-state index contributed by atoms with van der Waals surface area (Å²) in [7, 11) is 0. The zero-order chi connectivity index (χ0) is 16.2. The highest BCUT2D eigenvalue weighted by molar-refractivity contribution is 14.0. The minimum absolute atomic E-state index is 0. The topological polar surface area (TPSA) is 45.7 Å². The molecule has 0 radical (unpaired) electrons. The molecule has 0 fully saturated rings. The smallest absolute Gasteiger partial charge is 0.191 e. The summed E-state index contributed by atoms with van der Waals surface area (Å²) in [5.41, 5.74) is 2.56. The Morgan fingerprint density at radius 1 is 1.26 bits per heavy atom. The van der Waals surface area contributed by atoms with Crippen molar-refractivity contribution in [2.24, 2.45) is 4.99 Å². The number of aliphatic imine (C=N–C) groups is 1. The van der Waals surface area contributed by atoms with E-state index in [1.165, 1.54) is 16.0 Å². The highest BCUT2D eigenvalue weighted by Crippen LogP contribution is 2.22. The standard InChI is InChI=1S/C17H29N3OS.HI/c1-5-18-17(19-10-7-11-21-6-2)20-13-15-9-8-14(3)12-16(15)22-4;/h8-9,12H,5-7,10-11,13H2,1-4H3,(H2,18,19,20);1H. The molecule has 132 valence electrons. The first-order chi connectivity index (χ1) is 10.7. The van der Waals surface area contributed by atoms with Crippen molar-refractivity contribution in [3.8, 4) is 0 Å². The maximum atomic E-state index is 5.34. The number of rotatable bonds is 9. The molecular weight excluding hydrogens is 421 g/mol. The van der Waals surface area contributed by atoms with Gasteiger partial charge in [0.15, 0.2) is 5.96 Å². The number of aryl methyl sites for hydroxylation is 1. The van der Waals surface area contributed by atoms with Crippen molar-refractivity contribution in [2.75, 3.05) is 32.6 Å². The summed E-state index contributed by atoms with van der Waals surface area (Å²) in [6.07, 6.45) is 3.10. The largest absolute Gasteiger partial charge is 0.382 e. The normalized spacial score (nSPS) is 11.0. The van der Waals surface area contributed by atoms with Crippen LogP contribution in [-0.2, 0) is 11.3 Å². The van der Waals surface area contributed by atoms with Crippen molar-refractivity contribution in [1.29, 1.82) is 0 Å². The molecule has 0 atom stereocenters. The predicted octanol–water partition coefficient (Wildman–Crippen LogP) is 3.82. The third kappa shape index (κ3) is 9.42. The average Bonchev–Trinajstić information content (AvgIpc) is 2.53. The molecule has 0 aromatic heterocycles. The zero-order valence-electron chi connectivity index (χ0n) is 14.6. The lowest BCUT2D eigenvalue weighted by Gasteiger charge is -2.12. The van der Waals surface area contributed by atoms with Gasteiger partial charge >= 0.3 is 0 Å². The quantitative estimate of drug-likeness (QED) is 0.197. The van der Waals surface area contributed by atoms with Crippen molar-refractivity contribution >= 4 is 41.7 Å². The second kappa shape index (κ2) is 13.9. The Labute approximate surface area is 162 Å². The van der Waals surface area contributed by atoms with Gasteiger partial charge in [-0.05, 0) is 50.6 Å². The lowest BCUT2D eigenvalue weighted by Crippen LogP contribution is -2.38. The lowest BCUT2D eigenvalue weighted by molar-refractivity contribution is 0.145. The molecule has 0 aliphatic carbocycles. The molecule has 0 bridgehead atoms. The van der Waals surface area contributed by atoms with Crippen LogP contribution in [0.5, 0.6) is 0 Å². The number of benzene rings is 1. The van der Waals surface area contributed by atoms with Gasteiger partial charge < -0.3 is 15.4 Å². The van der Waals surface area contributed by atoms with E-state index in [0.29, 0.717) is 6.54 Å². The van der Waals surface area contributed by atoms with E-state index in [1.54, 1.807) is 11.8 Å². The van der Waals surface area contributed by atoms with Crippen LogP contribution in [-0.4, -0.2) is 38.5 Å². The van der Waals surface area contributed by atoms with E-state index < -0.39 is 0 Å². The Morgan fingerprint density at radius 3 is 2.70 bits per heavy atom. The van der Waals surface area contributed by atoms with Gasteiger partial charge in [-0.15, -0.1) is 35.7 Å². The molecule has 1 rings (SSSR count). The van der Waals surface area contributed by atoms with Gasteiger partial charge in [-0.2, -0.15) is 0 Å². The number of halogens is 1. The van der Waals surface area contributed by atoms with E-state index >= 15 is 0 Å². The molecule has 6 heteroatoms. The van der Waals surface area contributed by atoms with Gasteiger partial charge in [0.05, 0.1) is 6.54 Å². The fraction of sp³-hybridized carbons (Fsp3) is 0.588. The molecule has 0 saturated carbocycles. The van der Waals surface area contributed by atoms with Crippen LogP contribution in [0.2, 0.25) is 0 Å². The molecule has 4 nitrogen and oxygen atoms in total. The first-order valence-corrected chi connectivity index (χ1v) is 9.17.